The summed E-state index contributed by atoms with van der Waals surface area (Å²) in [6, 6.07) is 7.89. The summed E-state index contributed by atoms with van der Waals surface area (Å²) in [4.78, 5) is 12.7. The van der Waals surface area contributed by atoms with Crippen molar-refractivity contribution in [3.05, 3.63) is 46.2 Å². The molecule has 0 aliphatic carbocycles. The molecule has 6 nitrogen and oxygen atoms in total. The van der Waals surface area contributed by atoms with Gasteiger partial charge in [0.05, 0.1) is 23.7 Å². The lowest BCUT2D eigenvalue weighted by molar-refractivity contribution is -0.384. The number of hydrogen-bond acceptors (Lipinski definition) is 5. The summed E-state index contributed by atoms with van der Waals surface area (Å²) in [6.45, 7) is 0. The molecule has 2 rings (SSSR count). The summed E-state index contributed by atoms with van der Waals surface area (Å²) >= 11 is 5.24. The maximum atomic E-state index is 10.8. The third-order valence-electron chi connectivity index (χ3n) is 2.88. The van der Waals surface area contributed by atoms with Crippen molar-refractivity contribution >= 4 is 22.9 Å². The van der Waals surface area contributed by atoms with E-state index >= 15 is 0 Å². The molecule has 7 heteroatoms. The first kappa shape index (κ1) is 15.0. The van der Waals surface area contributed by atoms with E-state index in [0.717, 1.165) is 0 Å². The minimum Gasteiger partial charge on any atom is -0.496 e. The maximum absolute atomic E-state index is 10.8. The first-order valence-corrected chi connectivity index (χ1v) is 6.49. The Hall–Kier alpha value is -2.41. The highest BCUT2D eigenvalue weighted by Crippen LogP contribution is 2.34. The van der Waals surface area contributed by atoms with Crippen molar-refractivity contribution in [2.45, 2.75) is 0 Å². The molecular weight excluding hydrogens is 292 g/mol. The topological polar surface area (TPSA) is 68.8 Å². The third-order valence-corrected chi connectivity index (χ3v) is 3.45. The van der Waals surface area contributed by atoms with Crippen molar-refractivity contribution in [3.63, 3.8) is 0 Å². The second kappa shape index (κ2) is 5.92. The Morgan fingerprint density at radius 2 is 2.05 bits per heavy atom. The fraction of sp³-hybridized carbons (Fsp3) is 0.214. The molecular formula is C14H14N2O4S. The largest absolute Gasteiger partial charge is 0.496 e. The van der Waals surface area contributed by atoms with Gasteiger partial charge in [0.2, 0.25) is 0 Å². The van der Waals surface area contributed by atoms with E-state index in [2.05, 4.69) is 0 Å². The van der Waals surface area contributed by atoms with Crippen molar-refractivity contribution in [1.82, 2.24) is 4.90 Å². The SMILES string of the molecule is COc1cc([N+](=O)[O-])ccc1-c1ccc(C(=S)N(C)C)o1. The molecule has 1 heterocycles. The van der Waals surface area contributed by atoms with Gasteiger partial charge >= 0.3 is 0 Å². The molecule has 2 aromatic rings. The lowest BCUT2D eigenvalue weighted by Crippen LogP contribution is -2.19. The summed E-state index contributed by atoms with van der Waals surface area (Å²) in [5.41, 5.74) is 0.599. The van der Waals surface area contributed by atoms with E-state index in [1.807, 2.05) is 14.1 Å². The first-order chi connectivity index (χ1) is 9.93. The number of methoxy groups -OCH3 is 1. The minimum absolute atomic E-state index is 0.0359. The molecule has 0 atom stereocenters. The fourth-order valence-corrected chi connectivity index (χ4v) is 1.92. The van der Waals surface area contributed by atoms with Crippen LogP contribution >= 0.6 is 12.2 Å². The summed E-state index contributed by atoms with van der Waals surface area (Å²) in [6.07, 6.45) is 0. The Bertz CT molecular complexity index is 694. The Kier molecular flexibility index (Phi) is 4.23. The predicted octanol–water partition coefficient (Wildman–Crippen LogP) is 3.10. The van der Waals surface area contributed by atoms with Crippen molar-refractivity contribution in [1.29, 1.82) is 0 Å². The van der Waals surface area contributed by atoms with E-state index in [-0.39, 0.29) is 5.69 Å². The molecule has 0 N–H and O–H groups in total. The normalized spacial score (nSPS) is 10.2. The molecule has 110 valence electrons. The van der Waals surface area contributed by atoms with Crippen LogP contribution in [0.5, 0.6) is 5.75 Å². The van der Waals surface area contributed by atoms with Gasteiger partial charge in [0.1, 0.15) is 16.5 Å². The number of benzene rings is 1. The van der Waals surface area contributed by atoms with E-state index < -0.39 is 4.92 Å². The second-order valence-corrected chi connectivity index (χ2v) is 4.89. The summed E-state index contributed by atoms with van der Waals surface area (Å²) in [5, 5.41) is 10.8. The number of hydrogen-bond donors (Lipinski definition) is 0. The molecule has 1 aromatic carbocycles. The highest BCUT2D eigenvalue weighted by molar-refractivity contribution is 7.80. The van der Waals surface area contributed by atoms with Crippen LogP contribution in [0.4, 0.5) is 5.69 Å². The lowest BCUT2D eigenvalue weighted by Gasteiger charge is -2.10. The quantitative estimate of drug-likeness (QED) is 0.491. The van der Waals surface area contributed by atoms with Crippen molar-refractivity contribution < 1.29 is 14.1 Å². The standard InChI is InChI=1S/C14H14N2O4S/c1-15(2)14(21)12-7-6-11(20-12)10-5-4-9(16(17)18)8-13(10)19-3/h4-8H,1-3H3. The maximum Gasteiger partial charge on any atom is 0.273 e. The first-order valence-electron chi connectivity index (χ1n) is 6.08. The van der Waals surface area contributed by atoms with Gasteiger partial charge in [-0.2, -0.15) is 0 Å². The van der Waals surface area contributed by atoms with Crippen LogP contribution in [0.1, 0.15) is 5.76 Å². The minimum atomic E-state index is -0.471. The van der Waals surface area contributed by atoms with Crippen LogP contribution < -0.4 is 4.74 Å². The lowest BCUT2D eigenvalue weighted by atomic mass is 10.1. The molecule has 0 fully saturated rings. The number of furan rings is 1. The van der Waals surface area contributed by atoms with Crippen LogP contribution in [0.15, 0.2) is 34.7 Å². The highest BCUT2D eigenvalue weighted by Gasteiger charge is 2.16. The van der Waals surface area contributed by atoms with Gasteiger partial charge in [-0.3, -0.25) is 10.1 Å². The third kappa shape index (κ3) is 3.03. The molecule has 0 saturated carbocycles. The number of nitro benzene ring substituents is 1. The second-order valence-electron chi connectivity index (χ2n) is 4.51. The Morgan fingerprint density at radius 3 is 2.62 bits per heavy atom. The monoisotopic (exact) mass is 306 g/mol. The van der Waals surface area contributed by atoms with Crippen molar-refractivity contribution in [2.24, 2.45) is 0 Å². The van der Waals surface area contributed by atoms with Gasteiger partial charge < -0.3 is 14.1 Å². The van der Waals surface area contributed by atoms with E-state index in [0.29, 0.717) is 27.8 Å². The highest BCUT2D eigenvalue weighted by atomic mass is 32.1. The van der Waals surface area contributed by atoms with E-state index in [9.17, 15) is 10.1 Å². The van der Waals surface area contributed by atoms with Gasteiger partial charge in [0.25, 0.3) is 5.69 Å². The molecule has 0 amide bonds. The smallest absolute Gasteiger partial charge is 0.273 e. The van der Waals surface area contributed by atoms with Crippen molar-refractivity contribution in [3.8, 4) is 17.1 Å². The number of nitrogens with zero attached hydrogens (tertiary/aromatic N) is 2. The Labute approximate surface area is 127 Å². The predicted molar refractivity (Wildman–Crippen MR) is 82.7 cm³/mol. The average Bonchev–Trinajstić information content (AvgIpc) is 2.94. The molecule has 0 aliphatic heterocycles. The fourth-order valence-electron chi connectivity index (χ4n) is 1.81. The van der Waals surface area contributed by atoms with Crippen LogP contribution in [0, 0.1) is 10.1 Å². The van der Waals surface area contributed by atoms with Gasteiger partial charge in [-0.1, -0.05) is 12.2 Å². The van der Waals surface area contributed by atoms with E-state index in [4.69, 9.17) is 21.4 Å². The molecule has 0 saturated heterocycles. The molecule has 0 radical (unpaired) electrons. The zero-order valence-electron chi connectivity index (χ0n) is 11.8. The van der Waals surface area contributed by atoms with Crippen LogP contribution in [0.25, 0.3) is 11.3 Å². The molecule has 0 unspecified atom stereocenters. The van der Waals surface area contributed by atoms with Crippen LogP contribution in [0.3, 0.4) is 0 Å². The van der Waals surface area contributed by atoms with E-state index in [1.54, 1.807) is 23.1 Å². The molecule has 0 spiro atoms. The number of non-ortho nitro benzene ring substituents is 1. The van der Waals surface area contributed by atoms with Crippen LogP contribution in [0.2, 0.25) is 0 Å². The summed E-state index contributed by atoms with van der Waals surface area (Å²) in [5.74, 6) is 1.48. The molecule has 1 aromatic heterocycles. The van der Waals surface area contributed by atoms with Gasteiger partial charge in [-0.05, 0) is 18.2 Å². The van der Waals surface area contributed by atoms with Crippen molar-refractivity contribution in [2.75, 3.05) is 21.2 Å². The van der Waals surface area contributed by atoms with Gasteiger partial charge in [0.15, 0.2) is 5.76 Å². The zero-order chi connectivity index (χ0) is 15.6. The zero-order valence-corrected chi connectivity index (χ0v) is 12.6. The van der Waals surface area contributed by atoms with Crippen LogP contribution in [-0.2, 0) is 0 Å². The Balaban J connectivity index is 2.43. The number of nitro groups is 1. The van der Waals surface area contributed by atoms with Gasteiger partial charge in [0, 0.05) is 20.2 Å². The molecule has 0 aliphatic rings. The van der Waals surface area contributed by atoms with E-state index in [1.165, 1.54) is 19.2 Å². The molecule has 0 bridgehead atoms. The number of thiocarbonyl (C=S) groups is 1. The van der Waals surface area contributed by atoms with Gasteiger partial charge in [-0.15, -0.1) is 0 Å². The summed E-state index contributed by atoms with van der Waals surface area (Å²) < 4.78 is 10.9. The average molecular weight is 306 g/mol. The summed E-state index contributed by atoms with van der Waals surface area (Å²) in [7, 11) is 5.12. The number of ether oxygens (including phenoxy) is 1. The van der Waals surface area contributed by atoms with Crippen LogP contribution in [-0.4, -0.2) is 36.0 Å². The Morgan fingerprint density at radius 1 is 1.33 bits per heavy atom. The number of rotatable bonds is 4. The van der Waals surface area contributed by atoms with Gasteiger partial charge in [-0.25, -0.2) is 0 Å². The molecule has 21 heavy (non-hydrogen) atoms.